The lowest BCUT2D eigenvalue weighted by Crippen LogP contribution is -2.17. The number of hydrogen-bond donors (Lipinski definition) is 0. The van der Waals surface area contributed by atoms with Gasteiger partial charge in [-0.15, -0.1) is 0 Å². The van der Waals surface area contributed by atoms with Crippen LogP contribution in [0.2, 0.25) is 0 Å². The van der Waals surface area contributed by atoms with E-state index in [9.17, 15) is 0 Å². The predicted octanol–water partition coefficient (Wildman–Crippen LogP) is 9.71. The minimum Gasteiger partial charge on any atom is -0.0654 e. The molecule has 0 aromatic heterocycles. The van der Waals surface area contributed by atoms with Crippen LogP contribution in [0.25, 0.3) is 0 Å². The molecular weight excluding hydrogens is 312 g/mol. The van der Waals surface area contributed by atoms with Crippen molar-refractivity contribution >= 4 is 0 Å². The Kier molecular flexibility index (Phi) is 15.8. The Morgan fingerprint density at radius 3 is 1.38 bits per heavy atom. The third-order valence-electron chi connectivity index (χ3n) is 7.16. The summed E-state index contributed by atoms with van der Waals surface area (Å²) < 4.78 is 0. The number of hydrogen-bond acceptors (Lipinski definition) is 0. The van der Waals surface area contributed by atoms with Crippen LogP contribution in [-0.2, 0) is 0 Å². The first-order valence-corrected chi connectivity index (χ1v) is 12.8. The zero-order chi connectivity index (χ0) is 18.9. The lowest BCUT2D eigenvalue weighted by Gasteiger charge is -2.29. The van der Waals surface area contributed by atoms with Crippen LogP contribution in [0.15, 0.2) is 0 Å². The minimum absolute atomic E-state index is 1.04. The molecule has 0 N–H and O–H groups in total. The average molecular weight is 365 g/mol. The van der Waals surface area contributed by atoms with Crippen LogP contribution in [0, 0.1) is 17.8 Å². The molecular formula is C26H52. The molecule has 0 aromatic rings. The first kappa shape index (κ1) is 24.0. The maximum atomic E-state index is 2.38. The normalized spacial score (nSPS) is 23.2. The monoisotopic (exact) mass is 364 g/mol. The van der Waals surface area contributed by atoms with Gasteiger partial charge in [-0.05, 0) is 17.8 Å². The van der Waals surface area contributed by atoms with Gasteiger partial charge in [0.25, 0.3) is 0 Å². The van der Waals surface area contributed by atoms with E-state index in [1.165, 1.54) is 128 Å². The van der Waals surface area contributed by atoms with E-state index in [-0.39, 0.29) is 0 Å². The topological polar surface area (TPSA) is 0 Å². The molecule has 1 atom stereocenters. The predicted molar refractivity (Wildman–Crippen MR) is 120 cm³/mol. The summed E-state index contributed by atoms with van der Waals surface area (Å²) in [5.41, 5.74) is 0. The second kappa shape index (κ2) is 17.1. The van der Waals surface area contributed by atoms with Gasteiger partial charge in [0.2, 0.25) is 0 Å². The van der Waals surface area contributed by atoms with E-state index < -0.39 is 0 Å². The molecule has 0 radical (unpaired) electrons. The van der Waals surface area contributed by atoms with Crippen molar-refractivity contribution in [1.29, 1.82) is 0 Å². The van der Waals surface area contributed by atoms with Gasteiger partial charge in [0.15, 0.2) is 0 Å². The molecule has 3 fully saturated rings. The highest BCUT2D eigenvalue weighted by molar-refractivity contribution is 4.73. The van der Waals surface area contributed by atoms with Gasteiger partial charge < -0.3 is 0 Å². The van der Waals surface area contributed by atoms with Crippen LogP contribution in [0.4, 0.5) is 0 Å². The molecule has 3 saturated carbocycles. The van der Waals surface area contributed by atoms with Crippen LogP contribution in [0.1, 0.15) is 149 Å². The van der Waals surface area contributed by atoms with E-state index in [2.05, 4.69) is 20.8 Å². The molecule has 1 unspecified atom stereocenters. The zero-order valence-electron chi connectivity index (χ0n) is 18.9. The summed E-state index contributed by atoms with van der Waals surface area (Å²) in [5.74, 6) is 3.18. The van der Waals surface area contributed by atoms with Crippen LogP contribution in [0.5, 0.6) is 0 Å². The van der Waals surface area contributed by atoms with Gasteiger partial charge in [0.05, 0.1) is 0 Å². The molecule has 0 aliphatic heterocycles. The number of unbranched alkanes of at least 4 members (excludes halogenated alkanes) is 1. The molecule has 0 amide bonds. The molecule has 0 heterocycles. The molecule has 0 saturated heterocycles. The van der Waals surface area contributed by atoms with Crippen molar-refractivity contribution in [3.63, 3.8) is 0 Å². The number of rotatable bonds is 5. The van der Waals surface area contributed by atoms with Crippen molar-refractivity contribution in [2.24, 2.45) is 17.8 Å². The molecule has 0 aromatic carbocycles. The third-order valence-corrected chi connectivity index (χ3v) is 7.16. The fraction of sp³-hybridized carbons (Fsp3) is 1.00. The lowest BCUT2D eigenvalue weighted by atomic mass is 9.77. The largest absolute Gasteiger partial charge is 0.0654 e. The summed E-state index contributed by atoms with van der Waals surface area (Å²) in [7, 11) is 0. The van der Waals surface area contributed by atoms with Crippen molar-refractivity contribution in [1.82, 2.24) is 0 Å². The van der Waals surface area contributed by atoms with Gasteiger partial charge in [-0.2, -0.15) is 0 Å². The molecule has 26 heavy (non-hydrogen) atoms. The SMILES string of the molecule is C1CCCCC1.CC1CCCCC1.CCCCC(CC)C1CCCCC1. The molecule has 3 aliphatic rings. The first-order chi connectivity index (χ1) is 12.8. The summed E-state index contributed by atoms with van der Waals surface area (Å²) in [6.45, 7) is 7.06. The summed E-state index contributed by atoms with van der Waals surface area (Å²) in [5, 5.41) is 0. The Morgan fingerprint density at radius 1 is 0.615 bits per heavy atom. The van der Waals surface area contributed by atoms with Gasteiger partial charge in [-0.1, -0.05) is 149 Å². The van der Waals surface area contributed by atoms with Crippen LogP contribution in [0.3, 0.4) is 0 Å². The fourth-order valence-electron chi connectivity index (χ4n) is 5.21. The second-order valence-corrected chi connectivity index (χ2v) is 9.57. The Hall–Kier alpha value is 0. The quantitative estimate of drug-likeness (QED) is 0.455. The Morgan fingerprint density at radius 2 is 1.04 bits per heavy atom. The van der Waals surface area contributed by atoms with Crippen molar-refractivity contribution in [2.45, 2.75) is 149 Å². The maximum Gasteiger partial charge on any atom is -0.0386 e. The van der Waals surface area contributed by atoms with Crippen LogP contribution in [-0.4, -0.2) is 0 Å². The summed E-state index contributed by atoms with van der Waals surface area (Å²) >= 11 is 0. The highest BCUT2D eigenvalue weighted by atomic mass is 14.3. The minimum atomic E-state index is 1.04. The molecule has 3 aliphatic carbocycles. The Labute approximate surface area is 167 Å². The van der Waals surface area contributed by atoms with E-state index in [0.29, 0.717) is 0 Å². The first-order valence-electron chi connectivity index (χ1n) is 12.8. The van der Waals surface area contributed by atoms with Crippen molar-refractivity contribution in [2.75, 3.05) is 0 Å². The van der Waals surface area contributed by atoms with E-state index in [1.807, 2.05) is 0 Å². The highest BCUT2D eigenvalue weighted by Crippen LogP contribution is 2.34. The highest BCUT2D eigenvalue weighted by Gasteiger charge is 2.21. The van der Waals surface area contributed by atoms with Crippen LogP contribution >= 0.6 is 0 Å². The molecule has 0 spiro atoms. The second-order valence-electron chi connectivity index (χ2n) is 9.57. The van der Waals surface area contributed by atoms with Crippen LogP contribution < -0.4 is 0 Å². The van der Waals surface area contributed by atoms with Crippen molar-refractivity contribution in [3.8, 4) is 0 Å². The molecule has 3 rings (SSSR count). The van der Waals surface area contributed by atoms with Gasteiger partial charge in [0.1, 0.15) is 0 Å². The summed E-state index contributed by atoms with van der Waals surface area (Å²) in [4.78, 5) is 0. The van der Waals surface area contributed by atoms with Gasteiger partial charge >= 0.3 is 0 Å². The van der Waals surface area contributed by atoms with Crippen molar-refractivity contribution < 1.29 is 0 Å². The third kappa shape index (κ3) is 12.4. The average Bonchev–Trinajstić information content (AvgIpc) is 2.72. The molecule has 0 nitrogen and oxygen atoms in total. The zero-order valence-corrected chi connectivity index (χ0v) is 18.9. The van der Waals surface area contributed by atoms with E-state index in [4.69, 9.17) is 0 Å². The van der Waals surface area contributed by atoms with Gasteiger partial charge in [-0.3, -0.25) is 0 Å². The van der Waals surface area contributed by atoms with E-state index >= 15 is 0 Å². The van der Waals surface area contributed by atoms with E-state index in [1.54, 1.807) is 0 Å². The summed E-state index contributed by atoms with van der Waals surface area (Å²) in [6.07, 6.45) is 29.8. The maximum absolute atomic E-state index is 2.38. The molecule has 156 valence electrons. The van der Waals surface area contributed by atoms with E-state index in [0.717, 1.165) is 17.8 Å². The molecule has 0 bridgehead atoms. The van der Waals surface area contributed by atoms with Gasteiger partial charge in [-0.25, -0.2) is 0 Å². The Bertz CT molecular complexity index is 254. The Balaban J connectivity index is 0.000000217. The van der Waals surface area contributed by atoms with Crippen molar-refractivity contribution in [3.05, 3.63) is 0 Å². The summed E-state index contributed by atoms with van der Waals surface area (Å²) in [6, 6.07) is 0. The standard InChI is InChI=1S/C13H26.C7H14.C6H12/c1-3-5-9-12(4-2)13-10-7-6-8-11-13;1-7-5-3-2-4-6-7;1-2-4-6-5-3-1/h12-13H,3-11H2,1-2H3;7H,2-6H2,1H3;1-6H2. The lowest BCUT2D eigenvalue weighted by molar-refractivity contribution is 0.226. The van der Waals surface area contributed by atoms with Gasteiger partial charge in [0, 0.05) is 0 Å². The smallest absolute Gasteiger partial charge is 0.0386 e. The fourth-order valence-corrected chi connectivity index (χ4v) is 5.21. The molecule has 0 heteroatoms.